The summed E-state index contributed by atoms with van der Waals surface area (Å²) in [7, 11) is 0. The molecule has 0 atom stereocenters. The van der Waals surface area contributed by atoms with Crippen molar-refractivity contribution in [3.8, 4) is 51.0 Å². The van der Waals surface area contributed by atoms with Gasteiger partial charge in [0.25, 0.3) is 0 Å². The van der Waals surface area contributed by atoms with Crippen LogP contribution < -0.4 is 0 Å². The molecular weight excluding hydrogens is 733 g/mol. The van der Waals surface area contributed by atoms with Crippen LogP contribution in [0, 0.1) is 0 Å². The third-order valence-electron chi connectivity index (χ3n) is 11.1. The van der Waals surface area contributed by atoms with Gasteiger partial charge in [-0.15, -0.1) is 22.7 Å². The summed E-state index contributed by atoms with van der Waals surface area (Å²) in [6.07, 6.45) is 0. The maximum atomic E-state index is 5.05. The van der Waals surface area contributed by atoms with Gasteiger partial charge in [-0.1, -0.05) is 115 Å². The van der Waals surface area contributed by atoms with E-state index in [1.807, 2.05) is 59.1 Å². The normalized spacial score (nSPS) is 11.9. The summed E-state index contributed by atoms with van der Waals surface area (Å²) in [6.45, 7) is 0. The predicted molar refractivity (Wildman–Crippen MR) is 242 cm³/mol. The van der Waals surface area contributed by atoms with Crippen molar-refractivity contribution in [3.63, 3.8) is 0 Å². The molecule has 0 spiro atoms. The molecule has 0 radical (unpaired) electrons. The molecule has 12 aromatic rings. The van der Waals surface area contributed by atoms with Gasteiger partial charge in [-0.05, 0) is 77.9 Å². The van der Waals surface area contributed by atoms with Gasteiger partial charge in [0.05, 0.1) is 11.0 Å². The molecule has 57 heavy (non-hydrogen) atoms. The molecule has 4 nitrogen and oxygen atoms in total. The van der Waals surface area contributed by atoms with Gasteiger partial charge in [0.2, 0.25) is 0 Å². The van der Waals surface area contributed by atoms with E-state index < -0.39 is 0 Å². The predicted octanol–water partition coefficient (Wildman–Crippen LogP) is 14.4. The van der Waals surface area contributed by atoms with Crippen molar-refractivity contribution in [2.75, 3.05) is 0 Å². The van der Waals surface area contributed by atoms with Crippen LogP contribution in [0.5, 0.6) is 0 Å². The van der Waals surface area contributed by atoms with Crippen LogP contribution in [-0.2, 0) is 0 Å². The van der Waals surface area contributed by atoms with Crippen molar-refractivity contribution in [2.45, 2.75) is 0 Å². The zero-order valence-electron chi connectivity index (χ0n) is 30.4. The van der Waals surface area contributed by atoms with Crippen LogP contribution in [0.1, 0.15) is 0 Å². The highest BCUT2D eigenvalue weighted by molar-refractivity contribution is 7.26. The fraction of sp³-hybridized carbons (Fsp3) is 0. The summed E-state index contributed by atoms with van der Waals surface area (Å²) < 4.78 is 7.48. The fourth-order valence-electron chi connectivity index (χ4n) is 8.42. The number of thiophene rings is 2. The topological polar surface area (TPSA) is 43.6 Å². The minimum absolute atomic E-state index is 0.659. The number of fused-ring (bicyclic) bond motifs is 9. The van der Waals surface area contributed by atoms with Crippen LogP contribution in [0.15, 0.2) is 182 Å². The molecule has 0 bridgehead atoms. The van der Waals surface area contributed by atoms with Gasteiger partial charge in [-0.25, -0.2) is 15.0 Å². The number of benzene rings is 8. The van der Waals surface area contributed by atoms with Gasteiger partial charge < -0.3 is 4.57 Å². The Labute approximate surface area is 335 Å². The molecule has 266 valence electrons. The van der Waals surface area contributed by atoms with E-state index in [0.29, 0.717) is 17.5 Å². The zero-order valence-corrected chi connectivity index (χ0v) is 32.1. The summed E-state index contributed by atoms with van der Waals surface area (Å²) in [5.41, 5.74) is 8.93. The highest BCUT2D eigenvalue weighted by Gasteiger charge is 2.18. The van der Waals surface area contributed by atoms with E-state index in [1.54, 1.807) is 0 Å². The van der Waals surface area contributed by atoms with Gasteiger partial charge >= 0.3 is 0 Å². The van der Waals surface area contributed by atoms with Crippen molar-refractivity contribution in [3.05, 3.63) is 182 Å². The Kier molecular flexibility index (Phi) is 7.24. The lowest BCUT2D eigenvalue weighted by Crippen LogP contribution is -2.00. The molecule has 4 aromatic heterocycles. The van der Waals surface area contributed by atoms with Crippen molar-refractivity contribution in [2.24, 2.45) is 0 Å². The van der Waals surface area contributed by atoms with E-state index in [-0.39, 0.29) is 0 Å². The van der Waals surface area contributed by atoms with Crippen LogP contribution in [0.25, 0.3) is 113 Å². The lowest BCUT2D eigenvalue weighted by atomic mass is 9.97. The molecule has 0 unspecified atom stereocenters. The molecule has 0 N–H and O–H groups in total. The highest BCUT2D eigenvalue weighted by atomic mass is 32.1. The van der Waals surface area contributed by atoms with Crippen molar-refractivity contribution >= 4 is 84.8 Å². The quantitative estimate of drug-likeness (QED) is 0.175. The van der Waals surface area contributed by atoms with Crippen LogP contribution in [0.3, 0.4) is 0 Å². The number of hydrogen-bond acceptors (Lipinski definition) is 5. The molecule has 0 amide bonds. The summed E-state index contributed by atoms with van der Waals surface area (Å²) in [4.78, 5) is 15.0. The SMILES string of the molecule is c1ccc(-c2nc(-c3ccccc3)nc(-c3ccc4sc5cccc(-c6ccc7sc8ccc(-n9c%10ccccc%10c%10ccccc%109)cc8c7c6)c5c4c3)n2)cc1. The summed E-state index contributed by atoms with van der Waals surface area (Å²) in [5.74, 6) is 1.98. The lowest BCUT2D eigenvalue weighted by Gasteiger charge is -2.09. The summed E-state index contributed by atoms with van der Waals surface area (Å²) in [6, 6.07) is 65.0. The summed E-state index contributed by atoms with van der Waals surface area (Å²) in [5, 5.41) is 7.56. The smallest absolute Gasteiger partial charge is 0.164 e. The van der Waals surface area contributed by atoms with E-state index >= 15 is 0 Å². The van der Waals surface area contributed by atoms with Crippen LogP contribution in [0.2, 0.25) is 0 Å². The number of rotatable bonds is 5. The van der Waals surface area contributed by atoms with E-state index in [0.717, 1.165) is 16.7 Å². The fourth-order valence-corrected chi connectivity index (χ4v) is 10.6. The molecule has 0 saturated heterocycles. The largest absolute Gasteiger partial charge is 0.309 e. The number of para-hydroxylation sites is 2. The molecule has 0 aliphatic heterocycles. The van der Waals surface area contributed by atoms with Crippen molar-refractivity contribution < 1.29 is 0 Å². The second-order valence-electron chi connectivity index (χ2n) is 14.4. The molecule has 0 saturated carbocycles. The maximum absolute atomic E-state index is 5.05. The van der Waals surface area contributed by atoms with Gasteiger partial charge in [0.15, 0.2) is 17.5 Å². The molecular formula is C51H30N4S2. The van der Waals surface area contributed by atoms with E-state index in [2.05, 4.69) is 150 Å². The van der Waals surface area contributed by atoms with E-state index in [1.165, 1.54) is 79.0 Å². The minimum atomic E-state index is 0.659. The van der Waals surface area contributed by atoms with Gasteiger partial charge in [-0.2, -0.15) is 0 Å². The van der Waals surface area contributed by atoms with Crippen LogP contribution >= 0.6 is 22.7 Å². The monoisotopic (exact) mass is 762 g/mol. The Morgan fingerprint density at radius 3 is 1.51 bits per heavy atom. The molecule has 4 heterocycles. The minimum Gasteiger partial charge on any atom is -0.309 e. The third kappa shape index (κ3) is 5.22. The van der Waals surface area contributed by atoms with Crippen molar-refractivity contribution in [1.82, 2.24) is 19.5 Å². The van der Waals surface area contributed by atoms with E-state index in [9.17, 15) is 0 Å². The Bertz CT molecular complexity index is 3410. The first-order chi connectivity index (χ1) is 28.2. The Balaban J connectivity index is 1.02. The van der Waals surface area contributed by atoms with Gasteiger partial charge in [-0.3, -0.25) is 0 Å². The first-order valence-electron chi connectivity index (χ1n) is 19.0. The zero-order chi connectivity index (χ0) is 37.5. The Morgan fingerprint density at radius 2 is 0.842 bits per heavy atom. The van der Waals surface area contributed by atoms with Crippen LogP contribution in [-0.4, -0.2) is 19.5 Å². The highest BCUT2D eigenvalue weighted by Crippen LogP contribution is 2.44. The number of aromatic nitrogens is 4. The van der Waals surface area contributed by atoms with Crippen LogP contribution in [0.4, 0.5) is 0 Å². The second-order valence-corrected chi connectivity index (χ2v) is 16.6. The Hall–Kier alpha value is -6.99. The standard InChI is InChI=1S/C51H30N4S2/c1-3-12-31(13-4-1)49-52-50(32-14-5-2-6-15-32)54-51(53-49)34-23-26-46-41(29-34)48-36(18-11-21-47(48)57-46)33-22-25-44-39(28-33)40-30-35(24-27-45(40)56-44)55-42-19-9-7-16-37(42)38-17-8-10-20-43(38)55/h1-30H. The second kappa shape index (κ2) is 12.8. The lowest BCUT2D eigenvalue weighted by molar-refractivity contribution is 1.07. The average Bonchev–Trinajstić information content (AvgIpc) is 3.95. The first kappa shape index (κ1) is 32.3. The number of nitrogens with zero attached hydrogens (tertiary/aromatic N) is 4. The number of hydrogen-bond donors (Lipinski definition) is 0. The van der Waals surface area contributed by atoms with E-state index in [4.69, 9.17) is 15.0 Å². The first-order valence-corrected chi connectivity index (χ1v) is 20.6. The molecule has 0 aliphatic rings. The molecule has 8 aromatic carbocycles. The Morgan fingerprint density at radius 1 is 0.333 bits per heavy atom. The molecule has 0 aliphatic carbocycles. The summed E-state index contributed by atoms with van der Waals surface area (Å²) >= 11 is 3.69. The molecule has 12 rings (SSSR count). The van der Waals surface area contributed by atoms with Gasteiger partial charge in [0.1, 0.15) is 0 Å². The van der Waals surface area contributed by atoms with Gasteiger partial charge in [0, 0.05) is 73.5 Å². The third-order valence-corrected chi connectivity index (χ3v) is 13.3. The maximum Gasteiger partial charge on any atom is 0.164 e. The average molecular weight is 763 g/mol. The van der Waals surface area contributed by atoms with Crippen molar-refractivity contribution in [1.29, 1.82) is 0 Å². The molecule has 0 fully saturated rings. The molecule has 6 heteroatoms.